The molecule has 0 fully saturated rings. The van der Waals surface area contributed by atoms with Crippen LogP contribution in [0.4, 0.5) is 5.69 Å². The summed E-state index contributed by atoms with van der Waals surface area (Å²) in [7, 11) is -4.13. The Balaban J connectivity index is 2.07. The fraction of sp³-hybridized carbons (Fsp3) is 0.333. The average molecular weight is 570 g/mol. The molecule has 0 aromatic heterocycles. The summed E-state index contributed by atoms with van der Waals surface area (Å²) in [5.74, 6) is -0.748. The molecular weight excluding hydrogens is 534 g/mol. The zero-order valence-electron chi connectivity index (χ0n) is 22.9. The monoisotopic (exact) mass is 569 g/mol. The fourth-order valence-corrected chi connectivity index (χ4v) is 6.02. The Morgan fingerprint density at radius 2 is 1.62 bits per heavy atom. The van der Waals surface area contributed by atoms with Gasteiger partial charge in [0.25, 0.3) is 10.0 Å². The maximum atomic E-state index is 14.0. The lowest BCUT2D eigenvalue weighted by Gasteiger charge is -2.33. The molecule has 0 aliphatic heterocycles. The van der Waals surface area contributed by atoms with Gasteiger partial charge in [0.1, 0.15) is 12.6 Å². The summed E-state index contributed by atoms with van der Waals surface area (Å²) in [6.07, 6.45) is 1.13. The van der Waals surface area contributed by atoms with Gasteiger partial charge in [0.15, 0.2) is 0 Å². The summed E-state index contributed by atoms with van der Waals surface area (Å²) in [4.78, 5) is 28.7. The molecular formula is C30H36ClN3O4S. The van der Waals surface area contributed by atoms with Crippen molar-refractivity contribution >= 4 is 39.1 Å². The van der Waals surface area contributed by atoms with Crippen molar-refractivity contribution in [1.29, 1.82) is 0 Å². The van der Waals surface area contributed by atoms with Crippen LogP contribution < -0.4 is 9.62 Å². The third kappa shape index (κ3) is 7.61. The van der Waals surface area contributed by atoms with Crippen LogP contribution in [0.15, 0.2) is 77.7 Å². The van der Waals surface area contributed by atoms with Gasteiger partial charge in [0.05, 0.1) is 10.6 Å². The normalized spacial score (nSPS) is 12.0. The molecule has 3 rings (SSSR count). The van der Waals surface area contributed by atoms with E-state index in [4.69, 9.17) is 11.6 Å². The zero-order valence-corrected chi connectivity index (χ0v) is 24.4. The maximum Gasteiger partial charge on any atom is 0.264 e. The van der Waals surface area contributed by atoms with Crippen LogP contribution in [0.25, 0.3) is 0 Å². The van der Waals surface area contributed by atoms with Crippen molar-refractivity contribution in [2.75, 3.05) is 17.4 Å². The fourth-order valence-electron chi connectivity index (χ4n) is 4.32. The Kier molecular flexibility index (Phi) is 10.5. The number of hydrogen-bond donors (Lipinski definition) is 1. The number of nitrogens with one attached hydrogen (secondary N) is 1. The molecule has 7 nitrogen and oxygen atoms in total. The number of benzene rings is 3. The predicted octanol–water partition coefficient (Wildman–Crippen LogP) is 5.49. The second kappa shape index (κ2) is 13.6. The number of anilines is 1. The van der Waals surface area contributed by atoms with Gasteiger partial charge in [-0.2, -0.15) is 0 Å². The molecule has 0 radical (unpaired) electrons. The first kappa shape index (κ1) is 30.2. The first-order valence-corrected chi connectivity index (χ1v) is 14.9. The lowest BCUT2D eigenvalue weighted by atomic mass is 10.1. The van der Waals surface area contributed by atoms with Gasteiger partial charge in [-0.05, 0) is 68.1 Å². The molecule has 3 aromatic rings. The van der Waals surface area contributed by atoms with Gasteiger partial charge in [-0.25, -0.2) is 8.42 Å². The summed E-state index contributed by atoms with van der Waals surface area (Å²) in [5.41, 5.74) is 2.70. The van der Waals surface area contributed by atoms with Gasteiger partial charge in [-0.1, -0.05) is 73.5 Å². The van der Waals surface area contributed by atoms with Crippen molar-refractivity contribution in [3.05, 3.63) is 94.5 Å². The molecule has 39 heavy (non-hydrogen) atoms. The summed E-state index contributed by atoms with van der Waals surface area (Å²) in [5, 5.41) is 3.34. The molecule has 0 bridgehead atoms. The van der Waals surface area contributed by atoms with Gasteiger partial charge < -0.3 is 10.2 Å². The molecule has 3 aromatic carbocycles. The van der Waals surface area contributed by atoms with Gasteiger partial charge in [0.2, 0.25) is 11.8 Å². The highest BCUT2D eigenvalue weighted by molar-refractivity contribution is 7.92. The molecule has 0 heterocycles. The number of rotatable bonds is 12. The molecule has 0 aliphatic rings. The number of halogens is 1. The first-order valence-electron chi connectivity index (χ1n) is 13.0. The van der Waals surface area contributed by atoms with Crippen molar-refractivity contribution in [1.82, 2.24) is 10.2 Å². The van der Waals surface area contributed by atoms with Gasteiger partial charge in [-0.15, -0.1) is 0 Å². The van der Waals surface area contributed by atoms with E-state index in [-0.39, 0.29) is 17.3 Å². The van der Waals surface area contributed by atoms with E-state index < -0.39 is 28.5 Å². The molecule has 208 valence electrons. The summed E-state index contributed by atoms with van der Waals surface area (Å²) >= 11 is 6.17. The van der Waals surface area contributed by atoms with E-state index in [9.17, 15) is 18.0 Å². The van der Waals surface area contributed by atoms with Crippen LogP contribution in [0.2, 0.25) is 5.02 Å². The number of amides is 2. The minimum atomic E-state index is -4.13. The van der Waals surface area contributed by atoms with Crippen molar-refractivity contribution in [3.63, 3.8) is 0 Å². The average Bonchev–Trinajstić information content (AvgIpc) is 2.91. The topological polar surface area (TPSA) is 86.8 Å². The van der Waals surface area contributed by atoms with Crippen LogP contribution in [0.1, 0.15) is 43.4 Å². The van der Waals surface area contributed by atoms with E-state index in [0.29, 0.717) is 29.2 Å². The van der Waals surface area contributed by atoms with E-state index in [0.717, 1.165) is 21.9 Å². The largest absolute Gasteiger partial charge is 0.354 e. The van der Waals surface area contributed by atoms with Crippen molar-refractivity contribution in [2.45, 2.75) is 58.0 Å². The number of hydrogen-bond acceptors (Lipinski definition) is 4. The smallest absolute Gasteiger partial charge is 0.264 e. The first-order chi connectivity index (χ1) is 18.6. The van der Waals surface area contributed by atoms with Crippen LogP contribution in [0, 0.1) is 13.8 Å². The van der Waals surface area contributed by atoms with E-state index in [1.54, 1.807) is 37.3 Å². The highest BCUT2D eigenvalue weighted by Crippen LogP contribution is 2.29. The van der Waals surface area contributed by atoms with Crippen molar-refractivity contribution in [2.24, 2.45) is 0 Å². The number of aryl methyl sites for hydroxylation is 2. The molecule has 0 spiro atoms. The lowest BCUT2D eigenvalue weighted by Crippen LogP contribution is -2.52. The Hall–Kier alpha value is -3.36. The highest BCUT2D eigenvalue weighted by atomic mass is 35.5. The van der Waals surface area contributed by atoms with E-state index >= 15 is 0 Å². The van der Waals surface area contributed by atoms with E-state index in [1.165, 1.54) is 17.0 Å². The van der Waals surface area contributed by atoms with E-state index in [2.05, 4.69) is 5.32 Å². The standard InChI is InChI=1S/C30H36ClN3O4S/c1-5-18-32-30(36)27(6-2)33(20-24-10-8-7-9-11-24)29(35)21-34(28-17-14-25(31)19-23(28)4)39(37,38)26-15-12-22(3)13-16-26/h7-17,19,27H,5-6,18,20-21H2,1-4H3,(H,32,36)/t27-/m0/s1. The van der Waals surface area contributed by atoms with E-state index in [1.807, 2.05) is 51.1 Å². The number of sulfonamides is 1. The van der Waals surface area contributed by atoms with Crippen LogP contribution in [0.3, 0.4) is 0 Å². The van der Waals surface area contributed by atoms with Crippen molar-refractivity contribution in [3.8, 4) is 0 Å². The summed E-state index contributed by atoms with van der Waals surface area (Å²) < 4.78 is 29.0. The number of carbonyl (C=O) groups is 2. The zero-order chi connectivity index (χ0) is 28.6. The third-order valence-corrected chi connectivity index (χ3v) is 8.46. The molecule has 1 atom stereocenters. The maximum absolute atomic E-state index is 14.0. The lowest BCUT2D eigenvalue weighted by molar-refractivity contribution is -0.140. The molecule has 2 amide bonds. The quantitative estimate of drug-likeness (QED) is 0.313. The second-order valence-electron chi connectivity index (χ2n) is 9.48. The van der Waals surface area contributed by atoms with Crippen LogP contribution in [0.5, 0.6) is 0 Å². The predicted molar refractivity (Wildman–Crippen MR) is 156 cm³/mol. The third-order valence-electron chi connectivity index (χ3n) is 6.45. The van der Waals surface area contributed by atoms with Gasteiger partial charge in [-0.3, -0.25) is 13.9 Å². The molecule has 0 unspecified atom stereocenters. The number of carbonyl (C=O) groups excluding carboxylic acids is 2. The Morgan fingerprint density at radius 1 is 0.949 bits per heavy atom. The molecule has 0 aliphatic carbocycles. The molecule has 0 saturated heterocycles. The SMILES string of the molecule is CCCNC(=O)[C@H](CC)N(Cc1ccccc1)C(=O)CN(c1ccc(Cl)cc1C)S(=O)(=O)c1ccc(C)cc1. The van der Waals surface area contributed by atoms with Crippen LogP contribution in [-0.4, -0.2) is 44.3 Å². The minimum Gasteiger partial charge on any atom is -0.354 e. The second-order valence-corrected chi connectivity index (χ2v) is 11.8. The summed E-state index contributed by atoms with van der Waals surface area (Å²) in [6, 6.07) is 19.9. The van der Waals surface area contributed by atoms with Crippen molar-refractivity contribution < 1.29 is 18.0 Å². The van der Waals surface area contributed by atoms with Crippen LogP contribution >= 0.6 is 11.6 Å². The Morgan fingerprint density at radius 3 is 2.21 bits per heavy atom. The molecule has 1 N–H and O–H groups in total. The van der Waals surface area contributed by atoms with Gasteiger partial charge in [0, 0.05) is 18.1 Å². The Labute approximate surface area is 236 Å². The molecule has 0 saturated carbocycles. The highest BCUT2D eigenvalue weighted by Gasteiger charge is 2.34. The Bertz CT molecular complexity index is 1380. The van der Waals surface area contributed by atoms with Crippen LogP contribution in [-0.2, 0) is 26.2 Å². The summed E-state index contributed by atoms with van der Waals surface area (Å²) in [6.45, 7) is 7.58. The minimum absolute atomic E-state index is 0.0672. The van der Waals surface area contributed by atoms with Gasteiger partial charge >= 0.3 is 0 Å². The molecule has 9 heteroatoms. The number of nitrogens with zero attached hydrogens (tertiary/aromatic N) is 2.